The summed E-state index contributed by atoms with van der Waals surface area (Å²) in [6.45, 7) is 5.14. The summed E-state index contributed by atoms with van der Waals surface area (Å²) in [6, 6.07) is 29.3. The van der Waals surface area contributed by atoms with Crippen molar-refractivity contribution in [2.45, 2.75) is 19.8 Å². The van der Waals surface area contributed by atoms with Crippen molar-refractivity contribution in [1.29, 1.82) is 0 Å². The van der Waals surface area contributed by atoms with Gasteiger partial charge in [-0.15, -0.1) is 10.2 Å². The fraction of sp³-hybridized carbons (Fsp3) is 0.294. The van der Waals surface area contributed by atoms with Gasteiger partial charge < -0.3 is 19.4 Å². The summed E-state index contributed by atoms with van der Waals surface area (Å²) >= 11 is 0. The topological polar surface area (TPSA) is 78.9 Å². The van der Waals surface area contributed by atoms with Crippen LogP contribution >= 0.6 is 0 Å². The predicted molar refractivity (Wildman–Crippen MR) is 165 cm³/mol. The van der Waals surface area contributed by atoms with Gasteiger partial charge in [0.2, 0.25) is 5.91 Å². The first-order chi connectivity index (χ1) is 20.5. The van der Waals surface area contributed by atoms with Crippen LogP contribution in [0.5, 0.6) is 5.75 Å². The summed E-state index contributed by atoms with van der Waals surface area (Å²) in [5.74, 6) is 1.43. The highest BCUT2D eigenvalue weighted by Gasteiger charge is 2.25. The van der Waals surface area contributed by atoms with Crippen molar-refractivity contribution in [2.24, 2.45) is 0 Å². The Kier molecular flexibility index (Phi) is 9.44. The molecule has 1 fully saturated rings. The van der Waals surface area contributed by atoms with Crippen molar-refractivity contribution >= 4 is 17.6 Å². The Balaban J connectivity index is 1.22. The van der Waals surface area contributed by atoms with Crippen LogP contribution in [-0.4, -0.2) is 78.2 Å². The van der Waals surface area contributed by atoms with E-state index < -0.39 is 0 Å². The molecular weight excluding hydrogens is 526 g/mol. The third-order valence-electron chi connectivity index (χ3n) is 7.63. The summed E-state index contributed by atoms with van der Waals surface area (Å²) in [5, 5.41) is 8.93. The Morgan fingerprint density at radius 2 is 1.60 bits per heavy atom. The number of hydrogen-bond donors (Lipinski definition) is 0. The molecule has 1 aliphatic rings. The van der Waals surface area contributed by atoms with Crippen LogP contribution in [0.3, 0.4) is 0 Å². The minimum atomic E-state index is -0.122. The smallest absolute Gasteiger partial charge is 0.254 e. The van der Waals surface area contributed by atoms with Gasteiger partial charge in [-0.05, 0) is 73.9 Å². The second kappa shape index (κ2) is 13.8. The van der Waals surface area contributed by atoms with Crippen LogP contribution in [0.15, 0.2) is 91.0 Å². The molecule has 1 saturated heterocycles. The van der Waals surface area contributed by atoms with E-state index in [-0.39, 0.29) is 18.4 Å². The molecule has 2 amide bonds. The monoisotopic (exact) mass is 563 g/mol. The van der Waals surface area contributed by atoms with Gasteiger partial charge in [0.1, 0.15) is 12.3 Å². The number of rotatable bonds is 9. The van der Waals surface area contributed by atoms with Crippen LogP contribution in [0, 0.1) is 6.92 Å². The molecule has 0 saturated carbocycles. The lowest BCUT2D eigenvalue weighted by Gasteiger charge is -2.27. The molecule has 0 unspecified atom stereocenters. The maximum Gasteiger partial charge on any atom is 0.254 e. The highest BCUT2D eigenvalue weighted by atomic mass is 16.5. The fourth-order valence-corrected chi connectivity index (χ4v) is 5.11. The van der Waals surface area contributed by atoms with Crippen molar-refractivity contribution in [3.8, 4) is 17.0 Å². The Morgan fingerprint density at radius 1 is 0.833 bits per heavy atom. The molecule has 1 aromatic heterocycles. The predicted octanol–water partition coefficient (Wildman–Crippen LogP) is 4.88. The Labute approximate surface area is 247 Å². The number of benzene rings is 3. The minimum Gasteiger partial charge on any atom is -0.497 e. The lowest BCUT2D eigenvalue weighted by molar-refractivity contribution is -0.131. The van der Waals surface area contributed by atoms with Crippen LogP contribution < -0.4 is 9.64 Å². The van der Waals surface area contributed by atoms with E-state index in [1.807, 2.05) is 103 Å². The largest absolute Gasteiger partial charge is 0.497 e. The Hall–Kier alpha value is -4.72. The van der Waals surface area contributed by atoms with Crippen molar-refractivity contribution in [3.05, 3.63) is 108 Å². The van der Waals surface area contributed by atoms with Crippen LogP contribution in [0.4, 0.5) is 5.82 Å². The van der Waals surface area contributed by atoms with Crippen LogP contribution in [-0.2, 0) is 11.2 Å². The standard InChI is InChI=1S/C34H37N5O3/c1-26-9-11-29(12-10-26)34(41)39(22-19-27-7-4-3-5-8-27)25-33(40)38-21-6-20-37(23-24-38)32-18-17-31(35-36-32)28-13-15-30(42-2)16-14-28/h3-5,7-18H,6,19-25H2,1-2H3. The molecule has 8 nitrogen and oxygen atoms in total. The summed E-state index contributed by atoms with van der Waals surface area (Å²) in [4.78, 5) is 32.7. The van der Waals surface area contributed by atoms with Gasteiger partial charge in [0.15, 0.2) is 5.82 Å². The second-order valence-electron chi connectivity index (χ2n) is 10.6. The molecule has 1 aliphatic heterocycles. The number of nitrogens with zero attached hydrogens (tertiary/aromatic N) is 5. The number of hydrogen-bond acceptors (Lipinski definition) is 6. The fourth-order valence-electron chi connectivity index (χ4n) is 5.11. The molecule has 0 N–H and O–H groups in total. The van der Waals surface area contributed by atoms with Gasteiger partial charge in [0, 0.05) is 43.9 Å². The third-order valence-corrected chi connectivity index (χ3v) is 7.63. The van der Waals surface area contributed by atoms with Gasteiger partial charge >= 0.3 is 0 Å². The van der Waals surface area contributed by atoms with Gasteiger partial charge in [-0.1, -0.05) is 48.0 Å². The first kappa shape index (κ1) is 28.8. The molecule has 4 aromatic rings. The molecule has 0 aliphatic carbocycles. The van der Waals surface area contributed by atoms with Gasteiger partial charge in [0.05, 0.1) is 12.8 Å². The third kappa shape index (κ3) is 7.32. The average Bonchev–Trinajstić information content (AvgIpc) is 3.30. The molecule has 2 heterocycles. The normalized spacial score (nSPS) is 13.4. The maximum absolute atomic E-state index is 13.5. The van der Waals surface area contributed by atoms with Crippen LogP contribution in [0.25, 0.3) is 11.3 Å². The van der Waals surface area contributed by atoms with E-state index in [1.165, 1.54) is 0 Å². The molecule has 0 bridgehead atoms. The molecule has 8 heteroatoms. The molecular formula is C34H37N5O3. The number of carbonyl (C=O) groups excluding carboxylic acids is 2. The molecule has 0 spiro atoms. The number of aromatic nitrogens is 2. The van der Waals surface area contributed by atoms with Gasteiger partial charge in [-0.3, -0.25) is 9.59 Å². The van der Waals surface area contributed by atoms with E-state index >= 15 is 0 Å². The van der Waals surface area contributed by atoms with E-state index in [2.05, 4.69) is 15.1 Å². The van der Waals surface area contributed by atoms with Crippen LogP contribution in [0.2, 0.25) is 0 Å². The molecule has 216 valence electrons. The Morgan fingerprint density at radius 3 is 2.29 bits per heavy atom. The van der Waals surface area contributed by atoms with Gasteiger partial charge in [0.25, 0.3) is 5.91 Å². The highest BCUT2D eigenvalue weighted by molar-refractivity contribution is 5.96. The number of amides is 2. The average molecular weight is 564 g/mol. The van der Waals surface area contributed by atoms with Gasteiger partial charge in [-0.2, -0.15) is 0 Å². The number of aryl methyl sites for hydroxylation is 1. The van der Waals surface area contributed by atoms with Gasteiger partial charge in [-0.25, -0.2) is 0 Å². The molecule has 0 atom stereocenters. The van der Waals surface area contributed by atoms with E-state index in [0.29, 0.717) is 38.2 Å². The van der Waals surface area contributed by atoms with Crippen molar-refractivity contribution < 1.29 is 14.3 Å². The highest BCUT2D eigenvalue weighted by Crippen LogP contribution is 2.22. The van der Waals surface area contributed by atoms with Crippen LogP contribution in [0.1, 0.15) is 27.9 Å². The zero-order valence-corrected chi connectivity index (χ0v) is 24.3. The minimum absolute atomic E-state index is 0.0358. The van der Waals surface area contributed by atoms with Crippen molar-refractivity contribution in [3.63, 3.8) is 0 Å². The SMILES string of the molecule is COc1ccc(-c2ccc(N3CCCN(C(=O)CN(CCc4ccccc4)C(=O)c4ccc(C)cc4)CC3)nn2)cc1. The number of ether oxygens (including phenoxy) is 1. The first-order valence-electron chi connectivity index (χ1n) is 14.4. The van der Waals surface area contributed by atoms with E-state index in [4.69, 9.17) is 4.74 Å². The van der Waals surface area contributed by atoms with E-state index in [0.717, 1.165) is 46.9 Å². The van der Waals surface area contributed by atoms with Crippen molar-refractivity contribution in [2.75, 3.05) is 51.3 Å². The summed E-state index contributed by atoms with van der Waals surface area (Å²) in [6.07, 6.45) is 1.49. The number of methoxy groups -OCH3 is 1. The van der Waals surface area contributed by atoms with Crippen molar-refractivity contribution in [1.82, 2.24) is 20.0 Å². The van der Waals surface area contributed by atoms with E-state index in [9.17, 15) is 9.59 Å². The zero-order valence-electron chi connectivity index (χ0n) is 24.3. The summed E-state index contributed by atoms with van der Waals surface area (Å²) in [5.41, 5.74) is 4.59. The zero-order chi connectivity index (χ0) is 29.3. The maximum atomic E-state index is 13.5. The number of carbonyl (C=O) groups is 2. The molecule has 42 heavy (non-hydrogen) atoms. The lowest BCUT2D eigenvalue weighted by atomic mass is 10.1. The van der Waals surface area contributed by atoms with E-state index in [1.54, 1.807) is 12.0 Å². The second-order valence-corrected chi connectivity index (χ2v) is 10.6. The first-order valence-corrected chi connectivity index (χ1v) is 14.4. The lowest BCUT2D eigenvalue weighted by Crippen LogP contribution is -2.45. The Bertz CT molecular complexity index is 1460. The molecule has 5 rings (SSSR count). The summed E-state index contributed by atoms with van der Waals surface area (Å²) in [7, 11) is 1.65. The summed E-state index contributed by atoms with van der Waals surface area (Å²) < 4.78 is 5.24. The number of anilines is 1. The molecule has 0 radical (unpaired) electrons. The quantitative estimate of drug-likeness (QED) is 0.289. The molecule has 3 aromatic carbocycles.